The number of hydrogen-bond donors (Lipinski definition) is 1. The Balaban J connectivity index is 1.67. The van der Waals surface area contributed by atoms with Crippen LogP contribution in [0.25, 0.3) is 21.0 Å². The van der Waals surface area contributed by atoms with Crippen LogP contribution in [0.2, 0.25) is 0 Å². The van der Waals surface area contributed by atoms with Crippen molar-refractivity contribution >= 4 is 11.3 Å². The summed E-state index contributed by atoms with van der Waals surface area (Å²) < 4.78 is 0. The molecule has 0 amide bonds. The quantitative estimate of drug-likeness (QED) is 0.513. The number of phenols is 1. The first kappa shape index (κ1) is 16.7. The average molecular weight is 337 g/mol. The Morgan fingerprint density at radius 3 is 2.29 bits per heavy atom. The van der Waals surface area contributed by atoms with Crippen LogP contribution < -0.4 is 0 Å². The molecule has 0 aliphatic heterocycles. The van der Waals surface area contributed by atoms with Crippen LogP contribution in [0.15, 0.2) is 54.7 Å². The predicted octanol–water partition coefficient (Wildman–Crippen LogP) is 6.31. The van der Waals surface area contributed by atoms with E-state index < -0.39 is 0 Å². The van der Waals surface area contributed by atoms with Crippen molar-refractivity contribution in [3.63, 3.8) is 0 Å². The monoisotopic (exact) mass is 337 g/mol. The van der Waals surface area contributed by atoms with Crippen LogP contribution in [-0.4, -0.2) is 10.1 Å². The van der Waals surface area contributed by atoms with Crippen LogP contribution in [0.1, 0.15) is 38.2 Å². The SMILES string of the molecule is CCCCCCc1ccc(-c2cnc(-c3ccc(O)cc3)s2)cc1. The van der Waals surface area contributed by atoms with E-state index in [9.17, 15) is 5.11 Å². The van der Waals surface area contributed by atoms with Gasteiger partial charge in [-0.2, -0.15) is 0 Å². The number of rotatable bonds is 7. The summed E-state index contributed by atoms with van der Waals surface area (Å²) in [5.74, 6) is 0.282. The zero-order chi connectivity index (χ0) is 16.8. The number of aromatic nitrogens is 1. The molecule has 3 heteroatoms. The number of hydrogen-bond acceptors (Lipinski definition) is 3. The van der Waals surface area contributed by atoms with Crippen LogP contribution in [0.5, 0.6) is 5.75 Å². The Labute approximate surface area is 147 Å². The van der Waals surface area contributed by atoms with Crippen molar-refractivity contribution in [1.82, 2.24) is 4.98 Å². The summed E-state index contributed by atoms with van der Waals surface area (Å²) in [6.07, 6.45) is 8.32. The molecule has 124 valence electrons. The van der Waals surface area contributed by atoms with Crippen LogP contribution in [0.3, 0.4) is 0 Å². The number of thiazole rings is 1. The van der Waals surface area contributed by atoms with Gasteiger partial charge in [0.15, 0.2) is 0 Å². The molecule has 0 unspecified atom stereocenters. The lowest BCUT2D eigenvalue weighted by atomic mass is 10.0. The maximum atomic E-state index is 9.39. The predicted molar refractivity (Wildman–Crippen MR) is 102 cm³/mol. The van der Waals surface area contributed by atoms with E-state index in [1.807, 2.05) is 18.3 Å². The Morgan fingerprint density at radius 1 is 0.875 bits per heavy atom. The highest BCUT2D eigenvalue weighted by Crippen LogP contribution is 2.32. The number of unbranched alkanes of at least 4 members (excludes halogenated alkanes) is 3. The summed E-state index contributed by atoms with van der Waals surface area (Å²) >= 11 is 1.68. The fourth-order valence-electron chi connectivity index (χ4n) is 2.74. The summed E-state index contributed by atoms with van der Waals surface area (Å²) in [7, 11) is 0. The summed E-state index contributed by atoms with van der Waals surface area (Å²) in [6.45, 7) is 2.25. The van der Waals surface area contributed by atoms with Crippen molar-refractivity contribution in [3.8, 4) is 26.8 Å². The average Bonchev–Trinajstić information content (AvgIpc) is 3.10. The smallest absolute Gasteiger partial charge is 0.123 e. The van der Waals surface area contributed by atoms with Gasteiger partial charge in [-0.05, 0) is 48.2 Å². The van der Waals surface area contributed by atoms with E-state index in [0.29, 0.717) is 0 Å². The van der Waals surface area contributed by atoms with Crippen molar-refractivity contribution in [2.45, 2.75) is 39.0 Å². The topological polar surface area (TPSA) is 33.1 Å². The molecule has 0 fully saturated rings. The summed E-state index contributed by atoms with van der Waals surface area (Å²) in [6, 6.07) is 16.1. The first-order valence-electron chi connectivity index (χ1n) is 8.61. The van der Waals surface area contributed by atoms with Gasteiger partial charge in [0.05, 0.1) is 4.88 Å². The van der Waals surface area contributed by atoms with E-state index in [0.717, 1.165) is 10.6 Å². The third-order valence-corrected chi connectivity index (χ3v) is 5.27. The second kappa shape index (κ2) is 8.11. The van der Waals surface area contributed by atoms with Crippen molar-refractivity contribution in [3.05, 3.63) is 60.3 Å². The Hall–Kier alpha value is -2.13. The van der Waals surface area contributed by atoms with Crippen molar-refractivity contribution in [2.75, 3.05) is 0 Å². The normalized spacial score (nSPS) is 10.9. The van der Waals surface area contributed by atoms with E-state index in [1.165, 1.54) is 48.1 Å². The molecule has 0 spiro atoms. The summed E-state index contributed by atoms with van der Waals surface area (Å²) in [5, 5.41) is 10.4. The molecule has 2 nitrogen and oxygen atoms in total. The van der Waals surface area contributed by atoms with Crippen molar-refractivity contribution in [2.24, 2.45) is 0 Å². The zero-order valence-electron chi connectivity index (χ0n) is 14.0. The number of aromatic hydroxyl groups is 1. The van der Waals surface area contributed by atoms with Crippen LogP contribution >= 0.6 is 11.3 Å². The van der Waals surface area contributed by atoms with Crippen LogP contribution in [0, 0.1) is 0 Å². The molecule has 1 heterocycles. The molecule has 0 saturated heterocycles. The highest BCUT2D eigenvalue weighted by molar-refractivity contribution is 7.18. The summed E-state index contributed by atoms with van der Waals surface area (Å²) in [4.78, 5) is 5.70. The Bertz CT molecular complexity index is 759. The molecule has 0 radical (unpaired) electrons. The lowest BCUT2D eigenvalue weighted by Gasteiger charge is -2.03. The molecule has 3 aromatic rings. The molecule has 2 aromatic carbocycles. The molecule has 3 rings (SSSR count). The zero-order valence-corrected chi connectivity index (χ0v) is 14.9. The van der Waals surface area contributed by atoms with Crippen LogP contribution in [0.4, 0.5) is 0 Å². The number of nitrogens with zero attached hydrogens (tertiary/aromatic N) is 1. The lowest BCUT2D eigenvalue weighted by Crippen LogP contribution is -1.85. The minimum Gasteiger partial charge on any atom is -0.508 e. The minimum absolute atomic E-state index is 0.282. The fraction of sp³-hybridized carbons (Fsp3) is 0.286. The van der Waals surface area contributed by atoms with Gasteiger partial charge < -0.3 is 5.11 Å². The van der Waals surface area contributed by atoms with Gasteiger partial charge in [-0.25, -0.2) is 4.98 Å². The fourth-order valence-corrected chi connectivity index (χ4v) is 3.66. The van der Waals surface area contributed by atoms with E-state index in [2.05, 4.69) is 36.2 Å². The van der Waals surface area contributed by atoms with Gasteiger partial charge in [0.25, 0.3) is 0 Å². The first-order chi connectivity index (χ1) is 11.8. The molecular weight excluding hydrogens is 314 g/mol. The van der Waals surface area contributed by atoms with E-state index >= 15 is 0 Å². The van der Waals surface area contributed by atoms with Gasteiger partial charge in [-0.3, -0.25) is 0 Å². The van der Waals surface area contributed by atoms with Gasteiger partial charge in [0, 0.05) is 11.8 Å². The minimum atomic E-state index is 0.282. The van der Waals surface area contributed by atoms with Gasteiger partial charge >= 0.3 is 0 Å². The molecule has 0 atom stereocenters. The highest BCUT2D eigenvalue weighted by atomic mass is 32.1. The van der Waals surface area contributed by atoms with Crippen molar-refractivity contribution < 1.29 is 5.11 Å². The summed E-state index contributed by atoms with van der Waals surface area (Å²) in [5.41, 5.74) is 3.67. The number of benzene rings is 2. The molecule has 0 aliphatic rings. The maximum absolute atomic E-state index is 9.39. The molecule has 0 bridgehead atoms. The third-order valence-electron chi connectivity index (χ3n) is 4.18. The first-order valence-corrected chi connectivity index (χ1v) is 9.42. The third kappa shape index (κ3) is 4.24. The molecule has 1 aromatic heterocycles. The van der Waals surface area contributed by atoms with Gasteiger partial charge in [0.2, 0.25) is 0 Å². The number of aryl methyl sites for hydroxylation is 1. The standard InChI is InChI=1S/C21H23NOS/c1-2-3-4-5-6-16-7-9-17(10-8-16)20-15-22-21(24-20)18-11-13-19(23)14-12-18/h7-15,23H,2-6H2,1H3. The maximum Gasteiger partial charge on any atom is 0.123 e. The van der Waals surface area contributed by atoms with E-state index in [4.69, 9.17) is 0 Å². The molecule has 0 aliphatic carbocycles. The molecule has 1 N–H and O–H groups in total. The van der Waals surface area contributed by atoms with Crippen molar-refractivity contribution in [1.29, 1.82) is 0 Å². The van der Waals surface area contributed by atoms with Gasteiger partial charge in [0.1, 0.15) is 10.8 Å². The molecule has 0 saturated carbocycles. The Kier molecular flexibility index (Phi) is 5.65. The second-order valence-corrected chi connectivity index (χ2v) is 7.11. The van der Waals surface area contributed by atoms with Crippen LogP contribution in [-0.2, 0) is 6.42 Å². The second-order valence-electron chi connectivity index (χ2n) is 6.08. The number of phenolic OH excluding ortho intramolecular Hbond substituents is 1. The van der Waals surface area contributed by atoms with E-state index in [-0.39, 0.29) is 5.75 Å². The van der Waals surface area contributed by atoms with Gasteiger partial charge in [-0.1, -0.05) is 50.5 Å². The Morgan fingerprint density at radius 2 is 1.58 bits per heavy atom. The molecular formula is C21H23NOS. The largest absolute Gasteiger partial charge is 0.508 e. The lowest BCUT2D eigenvalue weighted by molar-refractivity contribution is 0.475. The van der Waals surface area contributed by atoms with E-state index in [1.54, 1.807) is 23.5 Å². The van der Waals surface area contributed by atoms with Gasteiger partial charge in [-0.15, -0.1) is 11.3 Å². The molecule has 24 heavy (non-hydrogen) atoms. The highest BCUT2D eigenvalue weighted by Gasteiger charge is 2.07.